The molecule has 4 rings (SSSR count). The highest BCUT2D eigenvalue weighted by Crippen LogP contribution is 2.46. The van der Waals surface area contributed by atoms with Crippen LogP contribution in [0, 0.1) is 6.92 Å². The van der Waals surface area contributed by atoms with Crippen LogP contribution in [0.15, 0.2) is 17.0 Å². The van der Waals surface area contributed by atoms with Crippen molar-refractivity contribution in [3.05, 3.63) is 27.7 Å². The number of rotatable bonds is 4. The van der Waals surface area contributed by atoms with Crippen LogP contribution >= 0.6 is 23.1 Å². The lowest BCUT2D eigenvalue weighted by Gasteiger charge is -2.47. The minimum absolute atomic E-state index is 0.248. The van der Waals surface area contributed by atoms with Gasteiger partial charge < -0.3 is 9.64 Å². The van der Waals surface area contributed by atoms with Crippen molar-refractivity contribution in [1.82, 2.24) is 9.88 Å². The highest BCUT2D eigenvalue weighted by molar-refractivity contribution is 8.01. The van der Waals surface area contributed by atoms with Gasteiger partial charge in [-0.15, -0.1) is 23.1 Å². The van der Waals surface area contributed by atoms with E-state index in [0.717, 1.165) is 60.8 Å². The summed E-state index contributed by atoms with van der Waals surface area (Å²) in [5.74, 6) is 1.31. The topological polar surface area (TPSA) is 42.4 Å². The quantitative estimate of drug-likeness (QED) is 0.836. The van der Waals surface area contributed by atoms with E-state index in [0.29, 0.717) is 12.7 Å². The number of allylic oxidation sites excluding steroid dienone is 1. The van der Waals surface area contributed by atoms with E-state index in [4.69, 9.17) is 4.74 Å². The maximum Gasteiger partial charge on any atom is 0.249 e. The predicted octanol–water partition coefficient (Wildman–Crippen LogP) is 3.16. The number of thiazole rings is 1. The van der Waals surface area contributed by atoms with Crippen LogP contribution in [0.25, 0.3) is 0 Å². The number of carbonyl (C=O) groups is 1. The molecule has 4 nitrogen and oxygen atoms in total. The Kier molecular flexibility index (Phi) is 4.24. The molecule has 124 valence electrons. The molecule has 0 bridgehead atoms. The van der Waals surface area contributed by atoms with Gasteiger partial charge in [0.2, 0.25) is 5.91 Å². The van der Waals surface area contributed by atoms with Gasteiger partial charge in [0.05, 0.1) is 28.2 Å². The van der Waals surface area contributed by atoms with Crippen molar-refractivity contribution in [3.63, 3.8) is 0 Å². The lowest BCUT2D eigenvalue weighted by Crippen LogP contribution is -2.61. The smallest absolute Gasteiger partial charge is 0.249 e. The van der Waals surface area contributed by atoms with Crippen LogP contribution in [-0.4, -0.2) is 45.5 Å². The number of amides is 1. The fraction of sp³-hybridized carbons (Fsp3) is 0.647. The first-order chi connectivity index (χ1) is 11.1. The first kappa shape index (κ1) is 15.7. The minimum atomic E-state index is 0.248. The van der Waals surface area contributed by atoms with Gasteiger partial charge in [-0.25, -0.2) is 4.98 Å². The number of aryl methyl sites for hydroxylation is 1. The molecule has 1 aliphatic carbocycles. The Balaban J connectivity index is 1.25. The van der Waals surface area contributed by atoms with Gasteiger partial charge in [0.15, 0.2) is 0 Å². The maximum absolute atomic E-state index is 12.4. The number of hydrogen-bond acceptors (Lipinski definition) is 5. The molecular weight excluding hydrogens is 328 g/mol. The van der Waals surface area contributed by atoms with E-state index >= 15 is 0 Å². The van der Waals surface area contributed by atoms with Gasteiger partial charge in [0.1, 0.15) is 0 Å². The SMILES string of the molecule is Cc1nc(CO[C@H]2CSC3(C2)CN(C(=O)C2=CCCC2)C3)cs1. The zero-order chi connectivity index (χ0) is 15.9. The van der Waals surface area contributed by atoms with Crippen LogP contribution in [0.4, 0.5) is 0 Å². The predicted molar refractivity (Wildman–Crippen MR) is 93.7 cm³/mol. The van der Waals surface area contributed by atoms with Gasteiger partial charge in [-0.2, -0.15) is 0 Å². The molecule has 1 atom stereocenters. The fourth-order valence-electron chi connectivity index (χ4n) is 3.67. The lowest BCUT2D eigenvalue weighted by molar-refractivity contribution is -0.132. The standard InChI is InChI=1S/C17H22N2O2S2/c1-12-18-14(8-22-12)7-21-15-6-17(23-9-15)10-19(11-17)16(20)13-4-2-3-5-13/h4,8,15H,2-3,5-7,9-11H2,1H3/t15-/m1/s1. The molecule has 3 heterocycles. The molecule has 3 aliphatic rings. The third-order valence-electron chi connectivity index (χ3n) is 4.87. The van der Waals surface area contributed by atoms with Crippen molar-refractivity contribution in [3.8, 4) is 0 Å². The average molecular weight is 351 g/mol. The zero-order valence-electron chi connectivity index (χ0n) is 13.4. The zero-order valence-corrected chi connectivity index (χ0v) is 15.0. The Morgan fingerprint density at radius 1 is 1.52 bits per heavy atom. The van der Waals surface area contributed by atoms with E-state index in [1.165, 1.54) is 0 Å². The average Bonchev–Trinajstić information content (AvgIpc) is 3.23. The second-order valence-corrected chi connectivity index (χ2v) is 9.32. The van der Waals surface area contributed by atoms with Crippen LogP contribution in [0.5, 0.6) is 0 Å². The monoisotopic (exact) mass is 350 g/mol. The molecule has 0 aromatic carbocycles. The second-order valence-electron chi connectivity index (χ2n) is 6.77. The molecule has 1 aromatic rings. The van der Waals surface area contributed by atoms with Gasteiger partial charge in [0.25, 0.3) is 0 Å². The summed E-state index contributed by atoms with van der Waals surface area (Å²) in [6.45, 7) is 4.42. The molecule has 0 unspecified atom stereocenters. The Labute approximate surface area is 145 Å². The van der Waals surface area contributed by atoms with E-state index in [1.807, 2.05) is 23.6 Å². The van der Waals surface area contributed by atoms with Gasteiger partial charge in [0, 0.05) is 29.8 Å². The first-order valence-corrected chi connectivity index (χ1v) is 10.1. The highest BCUT2D eigenvalue weighted by atomic mass is 32.2. The summed E-state index contributed by atoms with van der Waals surface area (Å²) in [6.07, 6.45) is 6.65. The highest BCUT2D eigenvalue weighted by Gasteiger charge is 2.51. The molecule has 0 N–H and O–H groups in total. The van der Waals surface area contributed by atoms with Crippen LogP contribution in [0.3, 0.4) is 0 Å². The molecule has 6 heteroatoms. The molecule has 0 radical (unpaired) electrons. The summed E-state index contributed by atoms with van der Waals surface area (Å²) in [5.41, 5.74) is 2.08. The van der Waals surface area contributed by atoms with Crippen molar-refractivity contribution in [2.75, 3.05) is 18.8 Å². The van der Waals surface area contributed by atoms with Gasteiger partial charge >= 0.3 is 0 Å². The molecular formula is C17H22N2O2S2. The number of likely N-dealkylation sites (tertiary alicyclic amines) is 1. The van der Waals surface area contributed by atoms with Crippen molar-refractivity contribution >= 4 is 29.0 Å². The molecule has 23 heavy (non-hydrogen) atoms. The molecule has 2 fully saturated rings. The van der Waals surface area contributed by atoms with Crippen molar-refractivity contribution < 1.29 is 9.53 Å². The molecule has 2 aliphatic heterocycles. The number of ether oxygens (including phenoxy) is 1. The van der Waals surface area contributed by atoms with Crippen molar-refractivity contribution in [2.24, 2.45) is 0 Å². The lowest BCUT2D eigenvalue weighted by atomic mass is 9.92. The number of hydrogen-bond donors (Lipinski definition) is 0. The normalized spacial score (nSPS) is 25.7. The molecule has 1 aromatic heterocycles. The molecule has 1 spiro atoms. The minimum Gasteiger partial charge on any atom is -0.371 e. The number of thioether (sulfide) groups is 1. The third kappa shape index (κ3) is 3.21. The molecule has 2 saturated heterocycles. The Hall–Kier alpha value is -0.850. The number of nitrogens with zero attached hydrogens (tertiary/aromatic N) is 2. The van der Waals surface area contributed by atoms with E-state index in [1.54, 1.807) is 11.3 Å². The summed E-state index contributed by atoms with van der Waals surface area (Å²) < 4.78 is 6.29. The third-order valence-corrected chi connectivity index (χ3v) is 7.27. The van der Waals surface area contributed by atoms with E-state index < -0.39 is 0 Å². The van der Waals surface area contributed by atoms with Crippen LogP contribution in [0.2, 0.25) is 0 Å². The summed E-state index contributed by atoms with van der Waals surface area (Å²) in [5, 5.41) is 3.17. The van der Waals surface area contributed by atoms with Crippen LogP contribution in [0.1, 0.15) is 36.4 Å². The Morgan fingerprint density at radius 3 is 3.09 bits per heavy atom. The summed E-state index contributed by atoms with van der Waals surface area (Å²) >= 11 is 3.66. The van der Waals surface area contributed by atoms with Crippen molar-refractivity contribution in [1.29, 1.82) is 0 Å². The largest absolute Gasteiger partial charge is 0.371 e. The number of carbonyl (C=O) groups excluding carboxylic acids is 1. The van der Waals surface area contributed by atoms with Gasteiger partial charge in [-0.1, -0.05) is 6.08 Å². The van der Waals surface area contributed by atoms with Crippen LogP contribution < -0.4 is 0 Å². The number of aromatic nitrogens is 1. The van der Waals surface area contributed by atoms with Crippen molar-refractivity contribution in [2.45, 2.75) is 50.1 Å². The molecule has 0 saturated carbocycles. The fourth-order valence-corrected chi connectivity index (χ4v) is 5.82. The van der Waals surface area contributed by atoms with Crippen LogP contribution in [-0.2, 0) is 16.1 Å². The Bertz CT molecular complexity index is 634. The van der Waals surface area contributed by atoms with Gasteiger partial charge in [-0.3, -0.25) is 4.79 Å². The van der Waals surface area contributed by atoms with E-state index in [9.17, 15) is 4.79 Å². The summed E-state index contributed by atoms with van der Waals surface area (Å²) in [4.78, 5) is 18.8. The maximum atomic E-state index is 12.4. The molecule has 1 amide bonds. The summed E-state index contributed by atoms with van der Waals surface area (Å²) in [7, 11) is 0. The van der Waals surface area contributed by atoms with E-state index in [2.05, 4.69) is 16.4 Å². The Morgan fingerprint density at radius 2 is 2.39 bits per heavy atom. The summed E-state index contributed by atoms with van der Waals surface area (Å²) in [6, 6.07) is 0. The first-order valence-electron chi connectivity index (χ1n) is 8.28. The van der Waals surface area contributed by atoms with E-state index in [-0.39, 0.29) is 10.7 Å². The van der Waals surface area contributed by atoms with Gasteiger partial charge in [-0.05, 0) is 32.6 Å². The second kappa shape index (κ2) is 6.22.